The van der Waals surface area contributed by atoms with Gasteiger partial charge in [0.25, 0.3) is 5.91 Å². The Morgan fingerprint density at radius 2 is 2.03 bits per heavy atom. The number of carbonyl (C=O) groups excluding carboxylic acids is 2. The molecule has 0 unspecified atom stereocenters. The van der Waals surface area contributed by atoms with Gasteiger partial charge in [-0.05, 0) is 18.4 Å². The summed E-state index contributed by atoms with van der Waals surface area (Å²) in [6, 6.07) is 10.5. The van der Waals surface area contributed by atoms with Gasteiger partial charge in [0.05, 0.1) is 0 Å². The third-order valence-corrected chi connectivity index (χ3v) is 5.45. The molecule has 0 bridgehead atoms. The van der Waals surface area contributed by atoms with Gasteiger partial charge in [0.1, 0.15) is 0 Å². The molecular weight excluding hydrogens is 388 g/mol. The van der Waals surface area contributed by atoms with E-state index in [-0.39, 0.29) is 24.2 Å². The topological polar surface area (TPSA) is 83.6 Å². The zero-order valence-electron chi connectivity index (χ0n) is 16.3. The standard InChI is InChI=1S/C21H26N4O3S/c1-2-10-22-21-24-18(15-29-21)20(27)28-14-19(26)23-17-8-11-25(12-9-17)13-16-6-4-3-5-7-16/h2-7,15,17H,1,8-14H2,(H,22,24)(H,23,26). The van der Waals surface area contributed by atoms with Gasteiger partial charge >= 0.3 is 5.97 Å². The van der Waals surface area contributed by atoms with Crippen molar-refractivity contribution in [3.8, 4) is 0 Å². The molecule has 0 atom stereocenters. The van der Waals surface area contributed by atoms with E-state index >= 15 is 0 Å². The maximum Gasteiger partial charge on any atom is 0.358 e. The molecule has 0 spiro atoms. The van der Waals surface area contributed by atoms with Crippen LogP contribution in [0.15, 0.2) is 48.4 Å². The molecule has 8 heteroatoms. The molecule has 1 amide bonds. The number of likely N-dealkylation sites (tertiary alicyclic amines) is 1. The number of thiazole rings is 1. The minimum Gasteiger partial charge on any atom is -0.451 e. The summed E-state index contributed by atoms with van der Waals surface area (Å²) in [5.74, 6) is -0.874. The Hall–Kier alpha value is -2.71. The van der Waals surface area contributed by atoms with Gasteiger partial charge in [-0.2, -0.15) is 0 Å². The number of rotatable bonds is 9. The molecule has 1 fully saturated rings. The zero-order chi connectivity index (χ0) is 20.5. The number of hydrogen-bond acceptors (Lipinski definition) is 7. The third-order valence-electron chi connectivity index (χ3n) is 4.65. The average Bonchev–Trinajstić information content (AvgIpc) is 3.22. The number of hydrogen-bond donors (Lipinski definition) is 2. The molecule has 2 N–H and O–H groups in total. The van der Waals surface area contributed by atoms with Crippen LogP contribution in [-0.4, -0.2) is 54.0 Å². The van der Waals surface area contributed by atoms with E-state index in [4.69, 9.17) is 4.74 Å². The van der Waals surface area contributed by atoms with Crippen LogP contribution < -0.4 is 10.6 Å². The third kappa shape index (κ3) is 6.69. The van der Waals surface area contributed by atoms with Gasteiger partial charge < -0.3 is 15.4 Å². The molecule has 0 aliphatic carbocycles. The predicted octanol–water partition coefficient (Wildman–Crippen LogP) is 2.68. The van der Waals surface area contributed by atoms with E-state index in [0.717, 1.165) is 32.5 Å². The molecule has 2 aromatic rings. The maximum absolute atomic E-state index is 12.1. The van der Waals surface area contributed by atoms with Crippen LogP contribution >= 0.6 is 11.3 Å². The number of ether oxygens (including phenoxy) is 1. The van der Waals surface area contributed by atoms with E-state index in [1.165, 1.54) is 16.9 Å². The molecule has 29 heavy (non-hydrogen) atoms. The number of nitrogens with one attached hydrogen (secondary N) is 2. The van der Waals surface area contributed by atoms with Crippen LogP contribution in [0.25, 0.3) is 0 Å². The van der Waals surface area contributed by atoms with Gasteiger partial charge in [-0.15, -0.1) is 17.9 Å². The second-order valence-corrected chi connectivity index (χ2v) is 7.75. The summed E-state index contributed by atoms with van der Waals surface area (Å²) in [5, 5.41) is 8.18. The normalized spacial score (nSPS) is 14.9. The summed E-state index contributed by atoms with van der Waals surface area (Å²) >= 11 is 1.31. The largest absolute Gasteiger partial charge is 0.451 e. The van der Waals surface area contributed by atoms with Crippen molar-refractivity contribution in [2.45, 2.75) is 25.4 Å². The predicted molar refractivity (Wildman–Crippen MR) is 114 cm³/mol. The highest BCUT2D eigenvalue weighted by molar-refractivity contribution is 7.13. The Morgan fingerprint density at radius 3 is 2.76 bits per heavy atom. The number of amides is 1. The average molecular weight is 415 g/mol. The monoisotopic (exact) mass is 414 g/mol. The molecule has 0 saturated carbocycles. The minimum atomic E-state index is -0.597. The molecule has 3 rings (SSSR count). The number of aromatic nitrogens is 1. The molecule has 1 aliphatic heterocycles. The summed E-state index contributed by atoms with van der Waals surface area (Å²) < 4.78 is 5.08. The van der Waals surface area contributed by atoms with E-state index in [1.807, 2.05) is 18.2 Å². The van der Waals surface area contributed by atoms with Gasteiger partial charge in [0.2, 0.25) is 0 Å². The van der Waals surface area contributed by atoms with Crippen molar-refractivity contribution < 1.29 is 14.3 Å². The van der Waals surface area contributed by atoms with Gasteiger partial charge in [0.15, 0.2) is 17.4 Å². The van der Waals surface area contributed by atoms with Crippen LogP contribution in [-0.2, 0) is 16.1 Å². The molecule has 1 aliphatic rings. The van der Waals surface area contributed by atoms with Gasteiger partial charge in [-0.25, -0.2) is 9.78 Å². The van der Waals surface area contributed by atoms with Crippen LogP contribution in [0, 0.1) is 0 Å². The lowest BCUT2D eigenvalue weighted by Gasteiger charge is -2.32. The summed E-state index contributed by atoms with van der Waals surface area (Å²) in [7, 11) is 0. The van der Waals surface area contributed by atoms with Gasteiger partial charge in [-0.1, -0.05) is 36.4 Å². The van der Waals surface area contributed by atoms with Crippen molar-refractivity contribution >= 4 is 28.3 Å². The van der Waals surface area contributed by atoms with Crippen LogP contribution in [0.5, 0.6) is 0 Å². The number of anilines is 1. The van der Waals surface area contributed by atoms with E-state index in [0.29, 0.717) is 11.7 Å². The molecular formula is C21H26N4O3S. The summed E-state index contributed by atoms with van der Waals surface area (Å²) in [6.45, 7) is 6.67. The molecule has 2 heterocycles. The first-order valence-electron chi connectivity index (χ1n) is 9.67. The fourth-order valence-electron chi connectivity index (χ4n) is 3.16. The fraction of sp³-hybridized carbons (Fsp3) is 0.381. The van der Waals surface area contributed by atoms with E-state index in [9.17, 15) is 9.59 Å². The second kappa shape index (κ2) is 10.7. The molecule has 7 nitrogen and oxygen atoms in total. The van der Waals surface area contributed by atoms with Crippen molar-refractivity contribution in [2.75, 3.05) is 31.6 Å². The van der Waals surface area contributed by atoms with Gasteiger partial charge in [0, 0.05) is 37.6 Å². The van der Waals surface area contributed by atoms with E-state index in [2.05, 4.69) is 39.2 Å². The first-order chi connectivity index (χ1) is 14.1. The van der Waals surface area contributed by atoms with Crippen LogP contribution in [0.2, 0.25) is 0 Å². The van der Waals surface area contributed by atoms with Crippen LogP contribution in [0.3, 0.4) is 0 Å². The molecule has 0 radical (unpaired) electrons. The van der Waals surface area contributed by atoms with Crippen LogP contribution in [0.4, 0.5) is 5.13 Å². The van der Waals surface area contributed by atoms with Crippen molar-refractivity contribution in [3.63, 3.8) is 0 Å². The highest BCUT2D eigenvalue weighted by atomic mass is 32.1. The summed E-state index contributed by atoms with van der Waals surface area (Å²) in [4.78, 5) is 30.7. The SMILES string of the molecule is C=CCNc1nc(C(=O)OCC(=O)NC2CCN(Cc3ccccc3)CC2)cs1. The van der Waals surface area contributed by atoms with Crippen molar-refractivity contribution in [2.24, 2.45) is 0 Å². The first kappa shape index (κ1) is 21.0. The van der Waals surface area contributed by atoms with Gasteiger partial charge in [-0.3, -0.25) is 9.69 Å². The smallest absolute Gasteiger partial charge is 0.358 e. The Morgan fingerprint density at radius 1 is 1.28 bits per heavy atom. The Labute approximate surface area is 174 Å². The van der Waals surface area contributed by atoms with E-state index in [1.54, 1.807) is 11.5 Å². The highest BCUT2D eigenvalue weighted by Gasteiger charge is 2.21. The first-order valence-corrected chi connectivity index (χ1v) is 10.5. The lowest BCUT2D eigenvalue weighted by Crippen LogP contribution is -2.45. The maximum atomic E-state index is 12.1. The minimum absolute atomic E-state index is 0.113. The summed E-state index contributed by atoms with van der Waals surface area (Å²) in [6.07, 6.45) is 3.48. The molecule has 154 valence electrons. The molecule has 1 aromatic heterocycles. The zero-order valence-corrected chi connectivity index (χ0v) is 17.1. The van der Waals surface area contributed by atoms with Crippen LogP contribution in [0.1, 0.15) is 28.9 Å². The lowest BCUT2D eigenvalue weighted by molar-refractivity contribution is -0.125. The summed E-state index contributed by atoms with van der Waals surface area (Å²) in [5.41, 5.74) is 1.50. The van der Waals surface area contributed by atoms with Crippen molar-refractivity contribution in [1.29, 1.82) is 0 Å². The molecule has 1 saturated heterocycles. The Bertz CT molecular complexity index is 816. The van der Waals surface area contributed by atoms with Crippen molar-refractivity contribution in [1.82, 2.24) is 15.2 Å². The number of piperidine rings is 1. The number of benzene rings is 1. The van der Waals surface area contributed by atoms with Crippen molar-refractivity contribution in [3.05, 3.63) is 59.6 Å². The number of carbonyl (C=O) groups is 2. The molecule has 1 aromatic carbocycles. The Balaban J connectivity index is 1.35. The quantitative estimate of drug-likeness (QED) is 0.485. The number of nitrogens with zero attached hydrogens (tertiary/aromatic N) is 2. The Kier molecular flexibility index (Phi) is 7.77. The fourth-order valence-corrected chi connectivity index (χ4v) is 3.85. The number of esters is 1. The lowest BCUT2D eigenvalue weighted by atomic mass is 10.0. The highest BCUT2D eigenvalue weighted by Crippen LogP contribution is 2.16. The second-order valence-electron chi connectivity index (χ2n) is 6.89. The van der Waals surface area contributed by atoms with E-state index < -0.39 is 5.97 Å².